The summed E-state index contributed by atoms with van der Waals surface area (Å²) >= 11 is 2.00. The largest absolute Gasteiger partial charge is 0.478 e. The highest BCUT2D eigenvalue weighted by Crippen LogP contribution is 2.19. The van der Waals surface area contributed by atoms with Crippen molar-refractivity contribution in [3.63, 3.8) is 0 Å². The lowest BCUT2D eigenvalue weighted by Gasteiger charge is -2.08. The number of carboxylic acid groups (broad SMARTS) is 1. The van der Waals surface area contributed by atoms with Crippen molar-refractivity contribution < 1.29 is 19.1 Å². The maximum absolute atomic E-state index is 13.6. The molecule has 0 saturated carbocycles. The van der Waals surface area contributed by atoms with Crippen LogP contribution in [-0.4, -0.2) is 17.0 Å². The Bertz CT molecular complexity index is 688. The number of aromatic carboxylic acids is 1. The Morgan fingerprint density at radius 1 is 1.15 bits per heavy atom. The van der Waals surface area contributed by atoms with Crippen LogP contribution < -0.4 is 5.32 Å². The van der Waals surface area contributed by atoms with E-state index >= 15 is 0 Å². The van der Waals surface area contributed by atoms with Gasteiger partial charge in [0.2, 0.25) is 0 Å². The van der Waals surface area contributed by atoms with E-state index in [0.29, 0.717) is 5.56 Å². The molecule has 0 bridgehead atoms. The number of carbonyl (C=O) groups excluding carboxylic acids is 1. The molecule has 0 radical (unpaired) electrons. The van der Waals surface area contributed by atoms with Crippen molar-refractivity contribution in [3.05, 3.63) is 63.0 Å². The first kappa shape index (κ1) is 14.4. The lowest BCUT2D eigenvalue weighted by Crippen LogP contribution is -2.15. The van der Waals surface area contributed by atoms with Gasteiger partial charge in [-0.15, -0.1) is 0 Å². The zero-order chi connectivity index (χ0) is 14.7. The first-order chi connectivity index (χ1) is 9.49. The van der Waals surface area contributed by atoms with Gasteiger partial charge in [-0.2, -0.15) is 0 Å². The van der Waals surface area contributed by atoms with E-state index in [9.17, 15) is 14.0 Å². The van der Waals surface area contributed by atoms with Crippen molar-refractivity contribution in [1.82, 2.24) is 0 Å². The summed E-state index contributed by atoms with van der Waals surface area (Å²) in [5.41, 5.74) is 0.146. The van der Waals surface area contributed by atoms with Crippen LogP contribution >= 0.6 is 22.6 Å². The summed E-state index contributed by atoms with van der Waals surface area (Å²) in [6, 6.07) is 10.1. The number of anilines is 1. The standard InChI is InChI=1S/C14H9FINO3/c15-10-6-5-8(14(19)20)7-12(10)17-13(18)9-3-1-2-4-11(9)16/h1-7H,(H,17,18)(H,19,20). The second-order valence-electron chi connectivity index (χ2n) is 3.93. The molecular formula is C14H9FINO3. The van der Waals surface area contributed by atoms with Gasteiger partial charge in [-0.3, -0.25) is 4.79 Å². The molecule has 102 valence electrons. The number of rotatable bonds is 3. The van der Waals surface area contributed by atoms with E-state index in [4.69, 9.17) is 5.11 Å². The lowest BCUT2D eigenvalue weighted by atomic mass is 10.1. The molecule has 0 aliphatic carbocycles. The fourth-order valence-corrected chi connectivity index (χ4v) is 2.22. The van der Waals surface area contributed by atoms with Crippen molar-refractivity contribution in [1.29, 1.82) is 0 Å². The predicted molar refractivity (Wildman–Crippen MR) is 80.5 cm³/mol. The first-order valence-electron chi connectivity index (χ1n) is 5.58. The van der Waals surface area contributed by atoms with Gasteiger partial charge in [-0.25, -0.2) is 9.18 Å². The molecule has 6 heteroatoms. The molecule has 20 heavy (non-hydrogen) atoms. The minimum absolute atomic E-state index is 0.0931. The van der Waals surface area contributed by atoms with E-state index in [0.717, 1.165) is 21.8 Å². The number of amides is 1. The molecule has 0 saturated heterocycles. The smallest absolute Gasteiger partial charge is 0.335 e. The maximum Gasteiger partial charge on any atom is 0.335 e. The van der Waals surface area contributed by atoms with Crippen LogP contribution in [0.1, 0.15) is 20.7 Å². The van der Waals surface area contributed by atoms with Crippen LogP contribution in [0.5, 0.6) is 0 Å². The summed E-state index contributed by atoms with van der Waals surface area (Å²) < 4.78 is 14.3. The highest BCUT2D eigenvalue weighted by molar-refractivity contribution is 14.1. The van der Waals surface area contributed by atoms with E-state index in [1.165, 1.54) is 0 Å². The average Bonchev–Trinajstić information content (AvgIpc) is 2.41. The molecule has 0 aliphatic heterocycles. The Morgan fingerprint density at radius 3 is 2.50 bits per heavy atom. The Kier molecular flexibility index (Phi) is 4.33. The topological polar surface area (TPSA) is 66.4 Å². The van der Waals surface area contributed by atoms with Crippen molar-refractivity contribution in [2.45, 2.75) is 0 Å². The molecule has 2 rings (SSSR count). The van der Waals surface area contributed by atoms with E-state index in [1.54, 1.807) is 24.3 Å². The zero-order valence-corrected chi connectivity index (χ0v) is 12.2. The molecule has 0 heterocycles. The summed E-state index contributed by atoms with van der Waals surface area (Å²) in [6.07, 6.45) is 0. The molecule has 0 atom stereocenters. The maximum atomic E-state index is 13.6. The quantitative estimate of drug-likeness (QED) is 0.797. The molecular weight excluding hydrogens is 376 g/mol. The Morgan fingerprint density at radius 2 is 1.85 bits per heavy atom. The van der Waals surface area contributed by atoms with Crippen LogP contribution in [0.4, 0.5) is 10.1 Å². The van der Waals surface area contributed by atoms with Crippen LogP contribution in [0.2, 0.25) is 0 Å². The summed E-state index contributed by atoms with van der Waals surface area (Å²) in [5.74, 6) is -2.36. The predicted octanol–water partition coefficient (Wildman–Crippen LogP) is 3.38. The van der Waals surface area contributed by atoms with Crippen molar-refractivity contribution in [3.8, 4) is 0 Å². The highest BCUT2D eigenvalue weighted by atomic mass is 127. The van der Waals surface area contributed by atoms with Gasteiger partial charge in [0, 0.05) is 3.57 Å². The van der Waals surface area contributed by atoms with Gasteiger partial charge in [0.15, 0.2) is 0 Å². The first-order valence-corrected chi connectivity index (χ1v) is 6.65. The van der Waals surface area contributed by atoms with Crippen LogP contribution in [-0.2, 0) is 0 Å². The van der Waals surface area contributed by atoms with Crippen molar-refractivity contribution >= 4 is 40.2 Å². The normalized spacial score (nSPS) is 10.1. The second kappa shape index (κ2) is 6.00. The van der Waals surface area contributed by atoms with Gasteiger partial charge in [-0.05, 0) is 52.9 Å². The van der Waals surface area contributed by atoms with E-state index < -0.39 is 17.7 Å². The van der Waals surface area contributed by atoms with Crippen LogP contribution in [0.3, 0.4) is 0 Å². The van der Waals surface area contributed by atoms with Crippen LogP contribution in [0.25, 0.3) is 0 Å². The summed E-state index contributed by atoms with van der Waals surface area (Å²) in [7, 11) is 0. The molecule has 2 N–H and O–H groups in total. The molecule has 2 aromatic rings. The van der Waals surface area contributed by atoms with Crippen LogP contribution in [0, 0.1) is 9.39 Å². The third-order valence-electron chi connectivity index (χ3n) is 2.58. The number of hydrogen-bond donors (Lipinski definition) is 2. The molecule has 0 fully saturated rings. The fraction of sp³-hybridized carbons (Fsp3) is 0. The zero-order valence-electron chi connectivity index (χ0n) is 10.1. The molecule has 0 aliphatic rings. The number of halogens is 2. The number of carbonyl (C=O) groups is 2. The molecule has 0 aromatic heterocycles. The number of nitrogens with one attached hydrogen (secondary N) is 1. The second-order valence-corrected chi connectivity index (χ2v) is 5.10. The van der Waals surface area contributed by atoms with Crippen LogP contribution in [0.15, 0.2) is 42.5 Å². The molecule has 4 nitrogen and oxygen atoms in total. The van der Waals surface area contributed by atoms with Gasteiger partial charge in [0.25, 0.3) is 5.91 Å². The third-order valence-corrected chi connectivity index (χ3v) is 3.52. The molecule has 0 spiro atoms. The minimum atomic E-state index is -1.19. The lowest BCUT2D eigenvalue weighted by molar-refractivity contribution is 0.0696. The molecule has 2 aromatic carbocycles. The number of carboxylic acids is 1. The molecule has 0 unspecified atom stereocenters. The van der Waals surface area contributed by atoms with Gasteiger partial charge in [0.1, 0.15) is 5.82 Å². The highest BCUT2D eigenvalue weighted by Gasteiger charge is 2.14. The van der Waals surface area contributed by atoms with E-state index in [-0.39, 0.29) is 11.3 Å². The van der Waals surface area contributed by atoms with Gasteiger partial charge >= 0.3 is 5.97 Å². The van der Waals surface area contributed by atoms with Crippen molar-refractivity contribution in [2.75, 3.05) is 5.32 Å². The number of hydrogen-bond acceptors (Lipinski definition) is 2. The Labute approximate surface area is 127 Å². The minimum Gasteiger partial charge on any atom is -0.478 e. The van der Waals surface area contributed by atoms with Gasteiger partial charge in [-0.1, -0.05) is 12.1 Å². The molecule has 1 amide bonds. The SMILES string of the molecule is O=C(O)c1ccc(F)c(NC(=O)c2ccccc2I)c1. The summed E-state index contributed by atoms with van der Waals surface area (Å²) in [5, 5.41) is 11.2. The van der Waals surface area contributed by atoms with Gasteiger partial charge in [0.05, 0.1) is 16.8 Å². The number of benzene rings is 2. The van der Waals surface area contributed by atoms with Gasteiger partial charge < -0.3 is 10.4 Å². The van der Waals surface area contributed by atoms with E-state index in [1.807, 2.05) is 22.6 Å². The Balaban J connectivity index is 2.30. The average molecular weight is 385 g/mol. The monoisotopic (exact) mass is 385 g/mol. The summed E-state index contributed by atoms with van der Waals surface area (Å²) in [6.45, 7) is 0. The third kappa shape index (κ3) is 3.13. The Hall–Kier alpha value is -1.96. The fourth-order valence-electron chi connectivity index (χ4n) is 1.59. The summed E-state index contributed by atoms with van der Waals surface area (Å²) in [4.78, 5) is 22.9. The van der Waals surface area contributed by atoms with Crippen molar-refractivity contribution in [2.24, 2.45) is 0 Å². The van der Waals surface area contributed by atoms with E-state index in [2.05, 4.69) is 5.32 Å².